The third kappa shape index (κ3) is 5.30. The first-order chi connectivity index (χ1) is 12.2. The fourth-order valence-electron chi connectivity index (χ4n) is 3.89. The van der Waals surface area contributed by atoms with E-state index in [-0.39, 0.29) is 17.9 Å². The lowest BCUT2D eigenvalue weighted by Crippen LogP contribution is -2.58. The maximum Gasteiger partial charge on any atom is 0.237 e. The van der Waals surface area contributed by atoms with Crippen molar-refractivity contribution in [2.75, 3.05) is 19.6 Å². The molecule has 1 atom stereocenters. The quantitative estimate of drug-likeness (QED) is 0.803. The van der Waals surface area contributed by atoms with Crippen LogP contribution in [-0.4, -0.2) is 48.4 Å². The molecule has 0 bridgehead atoms. The Balaban J connectivity index is 1.58. The van der Waals surface area contributed by atoms with Crippen molar-refractivity contribution < 1.29 is 9.59 Å². The van der Waals surface area contributed by atoms with E-state index in [4.69, 9.17) is 0 Å². The zero-order valence-corrected chi connectivity index (χ0v) is 14.9. The highest BCUT2D eigenvalue weighted by atomic mass is 16.2. The highest BCUT2D eigenvalue weighted by Gasteiger charge is 2.31. The molecule has 1 aliphatic carbocycles. The van der Waals surface area contributed by atoms with Gasteiger partial charge in [-0.2, -0.15) is 0 Å². The summed E-state index contributed by atoms with van der Waals surface area (Å²) < 4.78 is 0. The zero-order valence-electron chi connectivity index (χ0n) is 14.9. The fourth-order valence-corrected chi connectivity index (χ4v) is 3.89. The van der Waals surface area contributed by atoms with E-state index in [9.17, 15) is 9.59 Å². The lowest BCUT2D eigenvalue weighted by molar-refractivity contribution is -0.131. The number of nitrogens with one attached hydrogen (secondary N) is 2. The van der Waals surface area contributed by atoms with Crippen LogP contribution in [-0.2, 0) is 16.0 Å². The van der Waals surface area contributed by atoms with Gasteiger partial charge in [0.25, 0.3) is 0 Å². The van der Waals surface area contributed by atoms with Gasteiger partial charge in [-0.1, -0.05) is 56.0 Å². The number of hydrogen-bond acceptors (Lipinski definition) is 3. The smallest absolute Gasteiger partial charge is 0.237 e. The molecule has 2 N–H and O–H groups in total. The molecule has 0 radical (unpaired) electrons. The van der Waals surface area contributed by atoms with Gasteiger partial charge in [-0.3, -0.25) is 14.5 Å². The normalized spacial score (nSPS) is 22.9. The minimum Gasteiger partial charge on any atom is -0.353 e. The Morgan fingerprint density at radius 2 is 1.84 bits per heavy atom. The van der Waals surface area contributed by atoms with E-state index >= 15 is 0 Å². The average molecular weight is 343 g/mol. The largest absolute Gasteiger partial charge is 0.353 e. The van der Waals surface area contributed by atoms with Crippen LogP contribution in [0.4, 0.5) is 0 Å². The third-order valence-corrected chi connectivity index (χ3v) is 5.28. The second-order valence-corrected chi connectivity index (χ2v) is 7.22. The van der Waals surface area contributed by atoms with Crippen molar-refractivity contribution in [1.29, 1.82) is 0 Å². The molecule has 5 heteroatoms. The summed E-state index contributed by atoms with van der Waals surface area (Å²) in [6.07, 6.45) is 7.76. The van der Waals surface area contributed by atoms with Gasteiger partial charge in [0.1, 0.15) is 0 Å². The topological polar surface area (TPSA) is 61.4 Å². The van der Waals surface area contributed by atoms with Gasteiger partial charge in [0.15, 0.2) is 0 Å². The van der Waals surface area contributed by atoms with Gasteiger partial charge >= 0.3 is 0 Å². The van der Waals surface area contributed by atoms with E-state index in [0.29, 0.717) is 25.6 Å². The molecule has 25 heavy (non-hydrogen) atoms. The lowest BCUT2D eigenvalue weighted by Gasteiger charge is -2.35. The lowest BCUT2D eigenvalue weighted by atomic mass is 10.0. The van der Waals surface area contributed by atoms with Gasteiger partial charge in [0, 0.05) is 19.1 Å². The summed E-state index contributed by atoms with van der Waals surface area (Å²) in [6, 6.07) is 10.1. The predicted molar refractivity (Wildman–Crippen MR) is 98.1 cm³/mol. The zero-order chi connectivity index (χ0) is 17.5. The molecule has 0 unspecified atom stereocenters. The van der Waals surface area contributed by atoms with E-state index < -0.39 is 0 Å². The second kappa shape index (κ2) is 8.99. The van der Waals surface area contributed by atoms with Crippen LogP contribution in [0.1, 0.15) is 44.1 Å². The number of hydrogen-bond donors (Lipinski definition) is 2. The van der Waals surface area contributed by atoms with E-state index in [1.54, 1.807) is 0 Å². The van der Waals surface area contributed by atoms with Gasteiger partial charge in [-0.25, -0.2) is 0 Å². The molecule has 0 spiro atoms. The van der Waals surface area contributed by atoms with Gasteiger partial charge in [0.05, 0.1) is 12.6 Å². The summed E-state index contributed by atoms with van der Waals surface area (Å²) in [5.74, 6) is 0.0806. The van der Waals surface area contributed by atoms with Crippen LogP contribution in [0.5, 0.6) is 0 Å². The summed E-state index contributed by atoms with van der Waals surface area (Å²) in [5.41, 5.74) is 1.12. The highest BCUT2D eigenvalue weighted by Crippen LogP contribution is 2.17. The summed E-state index contributed by atoms with van der Waals surface area (Å²) in [5, 5.41) is 6.13. The van der Waals surface area contributed by atoms with E-state index in [1.807, 2.05) is 35.2 Å². The van der Waals surface area contributed by atoms with Crippen LogP contribution in [0.2, 0.25) is 0 Å². The summed E-state index contributed by atoms with van der Waals surface area (Å²) >= 11 is 0. The van der Waals surface area contributed by atoms with Crippen molar-refractivity contribution in [1.82, 2.24) is 15.5 Å². The highest BCUT2D eigenvalue weighted by molar-refractivity contribution is 5.84. The molecular formula is C20H29N3O2. The predicted octanol–water partition coefficient (Wildman–Crippen LogP) is 1.87. The fraction of sp³-hybridized carbons (Fsp3) is 0.600. The van der Waals surface area contributed by atoms with Gasteiger partial charge in [0.2, 0.25) is 11.8 Å². The van der Waals surface area contributed by atoms with E-state index in [0.717, 1.165) is 24.9 Å². The number of carbonyl (C=O) groups excluding carboxylic acids is 2. The summed E-state index contributed by atoms with van der Waals surface area (Å²) in [7, 11) is 0. The molecule has 1 saturated heterocycles. The van der Waals surface area contributed by atoms with Crippen molar-refractivity contribution in [3.63, 3.8) is 0 Å². The van der Waals surface area contributed by atoms with Crippen LogP contribution < -0.4 is 10.6 Å². The van der Waals surface area contributed by atoms with Gasteiger partial charge < -0.3 is 10.6 Å². The molecule has 1 aromatic carbocycles. The van der Waals surface area contributed by atoms with Crippen molar-refractivity contribution in [2.45, 2.75) is 57.0 Å². The Hall–Kier alpha value is -1.88. The molecular weight excluding hydrogens is 314 g/mol. The molecule has 5 nitrogen and oxygen atoms in total. The maximum atomic E-state index is 12.5. The van der Waals surface area contributed by atoms with Crippen molar-refractivity contribution in [3.8, 4) is 0 Å². The first-order valence-electron chi connectivity index (χ1n) is 9.57. The Bertz CT molecular complexity index is 568. The monoisotopic (exact) mass is 343 g/mol. The van der Waals surface area contributed by atoms with Crippen molar-refractivity contribution in [2.24, 2.45) is 0 Å². The van der Waals surface area contributed by atoms with Crippen LogP contribution in [0.25, 0.3) is 0 Å². The molecule has 1 saturated carbocycles. The Morgan fingerprint density at radius 3 is 2.56 bits per heavy atom. The van der Waals surface area contributed by atoms with Crippen LogP contribution in [0.3, 0.4) is 0 Å². The van der Waals surface area contributed by atoms with Crippen LogP contribution in [0.15, 0.2) is 30.3 Å². The number of piperazine rings is 1. The first kappa shape index (κ1) is 17.9. The number of nitrogens with zero attached hydrogens (tertiary/aromatic N) is 1. The molecule has 1 aliphatic heterocycles. The van der Waals surface area contributed by atoms with Crippen molar-refractivity contribution in [3.05, 3.63) is 35.9 Å². The standard InChI is InChI=1S/C20H29N3O2/c24-19(22-17-10-6-1-2-7-11-17)15-23-13-12-21-20(25)18(23)14-16-8-4-3-5-9-16/h3-5,8-9,17-18H,1-2,6-7,10-15H2,(H,21,25)(H,22,24)/t18-/m0/s1. The molecule has 2 fully saturated rings. The Labute approximate surface area is 150 Å². The summed E-state index contributed by atoms with van der Waals surface area (Å²) in [4.78, 5) is 26.9. The summed E-state index contributed by atoms with van der Waals surface area (Å²) in [6.45, 7) is 1.64. The van der Waals surface area contributed by atoms with Crippen molar-refractivity contribution >= 4 is 11.8 Å². The van der Waals surface area contributed by atoms with Crippen LogP contribution in [0, 0.1) is 0 Å². The molecule has 3 rings (SSSR count). The molecule has 1 aromatic rings. The number of amides is 2. The maximum absolute atomic E-state index is 12.5. The minimum atomic E-state index is -0.268. The first-order valence-corrected chi connectivity index (χ1v) is 9.57. The average Bonchev–Trinajstić information content (AvgIpc) is 2.87. The third-order valence-electron chi connectivity index (χ3n) is 5.28. The van der Waals surface area contributed by atoms with E-state index in [1.165, 1.54) is 25.7 Å². The molecule has 2 amide bonds. The van der Waals surface area contributed by atoms with Crippen LogP contribution >= 0.6 is 0 Å². The molecule has 2 aliphatic rings. The molecule has 136 valence electrons. The number of rotatable bonds is 5. The molecule has 0 aromatic heterocycles. The van der Waals surface area contributed by atoms with Gasteiger partial charge in [-0.05, 0) is 24.8 Å². The second-order valence-electron chi connectivity index (χ2n) is 7.22. The molecule has 1 heterocycles. The number of carbonyl (C=O) groups is 2. The Morgan fingerprint density at radius 1 is 1.12 bits per heavy atom. The van der Waals surface area contributed by atoms with Gasteiger partial charge in [-0.15, -0.1) is 0 Å². The number of benzene rings is 1. The minimum absolute atomic E-state index is 0.0253. The SMILES string of the molecule is O=C(CN1CCNC(=O)[C@@H]1Cc1ccccc1)NC1CCCCCC1. The van der Waals surface area contributed by atoms with E-state index in [2.05, 4.69) is 10.6 Å². The Kier molecular flexibility index (Phi) is 6.45.